The van der Waals surface area contributed by atoms with Crippen LogP contribution in [0, 0.1) is 40.5 Å². The van der Waals surface area contributed by atoms with E-state index in [1.165, 1.54) is 17.0 Å². The SMILES string of the molecule is O=C(c1ccc([N+](=O)[O-])cc1)N1c2ccccc2C=CC1Cc1c([N+](=O)[O-])cc([N+](=O)[O-])cc1[N+](=O)[O-]. The Bertz CT molecular complexity index is 1470. The molecule has 14 nitrogen and oxygen atoms in total. The molecule has 0 radical (unpaired) electrons. The number of nitro benzene ring substituents is 4. The van der Waals surface area contributed by atoms with Gasteiger partial charge in [-0.2, -0.15) is 0 Å². The highest BCUT2D eigenvalue weighted by atomic mass is 16.6. The maximum absolute atomic E-state index is 13.6. The summed E-state index contributed by atoms with van der Waals surface area (Å²) < 4.78 is 0. The zero-order valence-corrected chi connectivity index (χ0v) is 18.6. The molecular weight excluding hydrogens is 490 g/mol. The third-order valence-corrected chi connectivity index (χ3v) is 5.77. The van der Waals surface area contributed by atoms with Crippen LogP contribution in [0.2, 0.25) is 0 Å². The van der Waals surface area contributed by atoms with Crippen LogP contribution in [0.25, 0.3) is 6.08 Å². The number of rotatable bonds is 7. The number of nitrogens with zero attached hydrogens (tertiary/aromatic N) is 5. The number of hydrogen-bond acceptors (Lipinski definition) is 9. The van der Waals surface area contributed by atoms with E-state index in [0.29, 0.717) is 23.4 Å². The van der Waals surface area contributed by atoms with Crippen LogP contribution in [0.5, 0.6) is 0 Å². The van der Waals surface area contributed by atoms with Crippen molar-refractivity contribution < 1.29 is 24.5 Å². The van der Waals surface area contributed by atoms with Gasteiger partial charge in [0.05, 0.1) is 43.6 Å². The molecule has 3 aromatic carbocycles. The summed E-state index contributed by atoms with van der Waals surface area (Å²) in [4.78, 5) is 57.1. The molecule has 4 rings (SSSR count). The van der Waals surface area contributed by atoms with Gasteiger partial charge in [-0.15, -0.1) is 0 Å². The lowest BCUT2D eigenvalue weighted by molar-refractivity contribution is -0.404. The maximum Gasteiger partial charge on any atom is 0.286 e. The second-order valence-corrected chi connectivity index (χ2v) is 7.90. The van der Waals surface area contributed by atoms with E-state index in [0.717, 1.165) is 12.1 Å². The number of para-hydroxylation sites is 1. The number of benzene rings is 3. The minimum atomic E-state index is -0.967. The molecule has 0 spiro atoms. The van der Waals surface area contributed by atoms with E-state index >= 15 is 0 Å². The third-order valence-electron chi connectivity index (χ3n) is 5.77. The van der Waals surface area contributed by atoms with E-state index in [-0.39, 0.29) is 11.3 Å². The number of amides is 1. The van der Waals surface area contributed by atoms with E-state index < -0.39 is 60.7 Å². The van der Waals surface area contributed by atoms with E-state index in [9.17, 15) is 45.3 Å². The van der Waals surface area contributed by atoms with Crippen molar-refractivity contribution in [1.29, 1.82) is 0 Å². The van der Waals surface area contributed by atoms with Gasteiger partial charge in [0.1, 0.15) is 5.56 Å². The van der Waals surface area contributed by atoms with Crippen molar-refractivity contribution in [2.75, 3.05) is 4.90 Å². The second kappa shape index (κ2) is 9.61. The molecule has 0 fully saturated rings. The Labute approximate surface area is 206 Å². The van der Waals surface area contributed by atoms with Crippen LogP contribution >= 0.6 is 0 Å². The summed E-state index contributed by atoms with van der Waals surface area (Å²) >= 11 is 0. The topological polar surface area (TPSA) is 193 Å². The van der Waals surface area contributed by atoms with Gasteiger partial charge >= 0.3 is 0 Å². The first-order valence-electron chi connectivity index (χ1n) is 10.5. The van der Waals surface area contributed by atoms with Crippen molar-refractivity contribution in [2.24, 2.45) is 0 Å². The smallest absolute Gasteiger partial charge is 0.286 e. The normalized spacial score (nSPS) is 14.1. The van der Waals surface area contributed by atoms with Gasteiger partial charge in [0.15, 0.2) is 0 Å². The molecule has 37 heavy (non-hydrogen) atoms. The minimum absolute atomic E-state index is 0.0772. The molecule has 0 aliphatic carbocycles. The molecule has 14 heteroatoms. The Hall–Kier alpha value is -5.53. The Morgan fingerprint density at radius 2 is 1.32 bits per heavy atom. The fourth-order valence-electron chi connectivity index (χ4n) is 4.09. The van der Waals surface area contributed by atoms with Crippen LogP contribution in [0.15, 0.2) is 66.7 Å². The lowest BCUT2D eigenvalue weighted by atomic mass is 9.94. The Morgan fingerprint density at radius 3 is 1.86 bits per heavy atom. The summed E-state index contributed by atoms with van der Waals surface area (Å²) in [6.45, 7) is 0. The number of nitro groups is 4. The molecule has 1 aliphatic rings. The minimum Gasteiger partial charge on any atom is -0.301 e. The predicted molar refractivity (Wildman–Crippen MR) is 129 cm³/mol. The van der Waals surface area contributed by atoms with E-state index in [1.807, 2.05) is 0 Å². The first-order chi connectivity index (χ1) is 17.6. The van der Waals surface area contributed by atoms with Gasteiger partial charge in [-0.3, -0.25) is 45.3 Å². The maximum atomic E-state index is 13.6. The first kappa shape index (κ1) is 24.6. The molecule has 3 aromatic rings. The molecular formula is C23H15N5O9. The van der Waals surface area contributed by atoms with Crippen LogP contribution in [0.3, 0.4) is 0 Å². The Morgan fingerprint density at radius 1 is 0.757 bits per heavy atom. The average Bonchev–Trinajstić information content (AvgIpc) is 2.87. The average molecular weight is 505 g/mol. The van der Waals surface area contributed by atoms with Crippen molar-refractivity contribution in [3.05, 3.63) is 124 Å². The van der Waals surface area contributed by atoms with Gasteiger partial charge in [-0.1, -0.05) is 30.4 Å². The molecule has 0 aromatic heterocycles. The van der Waals surface area contributed by atoms with Gasteiger partial charge < -0.3 is 4.90 Å². The van der Waals surface area contributed by atoms with Gasteiger partial charge in [-0.25, -0.2) is 0 Å². The van der Waals surface area contributed by atoms with Crippen molar-refractivity contribution in [1.82, 2.24) is 0 Å². The number of hydrogen-bond donors (Lipinski definition) is 0. The highest BCUT2D eigenvalue weighted by Crippen LogP contribution is 2.38. The van der Waals surface area contributed by atoms with Crippen LogP contribution in [-0.2, 0) is 6.42 Å². The van der Waals surface area contributed by atoms with E-state index in [2.05, 4.69) is 0 Å². The molecule has 1 amide bonds. The van der Waals surface area contributed by atoms with Crippen LogP contribution in [-0.4, -0.2) is 31.6 Å². The summed E-state index contributed by atoms with van der Waals surface area (Å²) in [5, 5.41) is 45.7. The summed E-state index contributed by atoms with van der Waals surface area (Å²) in [6, 6.07) is 11.9. The van der Waals surface area contributed by atoms with Crippen LogP contribution in [0.1, 0.15) is 21.5 Å². The lowest BCUT2D eigenvalue weighted by Gasteiger charge is -2.34. The third kappa shape index (κ3) is 4.70. The van der Waals surface area contributed by atoms with Crippen molar-refractivity contribution in [2.45, 2.75) is 12.5 Å². The lowest BCUT2D eigenvalue weighted by Crippen LogP contribution is -2.42. The Kier molecular flexibility index (Phi) is 6.39. The van der Waals surface area contributed by atoms with Crippen molar-refractivity contribution >= 4 is 40.4 Å². The number of carbonyl (C=O) groups excluding carboxylic acids is 1. The van der Waals surface area contributed by atoms with Crippen LogP contribution in [0.4, 0.5) is 28.4 Å². The molecule has 0 saturated heterocycles. The second-order valence-electron chi connectivity index (χ2n) is 7.90. The van der Waals surface area contributed by atoms with Gasteiger partial charge in [0.25, 0.3) is 28.7 Å². The summed E-state index contributed by atoms with van der Waals surface area (Å²) in [7, 11) is 0. The number of non-ortho nitro benzene ring substituents is 2. The zero-order chi connectivity index (χ0) is 26.9. The molecule has 1 aliphatic heterocycles. The largest absolute Gasteiger partial charge is 0.301 e. The molecule has 1 atom stereocenters. The number of carbonyl (C=O) groups is 1. The van der Waals surface area contributed by atoms with Gasteiger partial charge in [-0.05, 0) is 23.8 Å². The number of fused-ring (bicyclic) bond motifs is 1. The monoisotopic (exact) mass is 505 g/mol. The molecule has 0 N–H and O–H groups in total. The van der Waals surface area contributed by atoms with E-state index in [1.54, 1.807) is 36.4 Å². The van der Waals surface area contributed by atoms with Gasteiger partial charge in [0.2, 0.25) is 0 Å². The molecule has 1 heterocycles. The fraction of sp³-hybridized carbons (Fsp3) is 0.0870. The highest BCUT2D eigenvalue weighted by molar-refractivity contribution is 6.08. The first-order valence-corrected chi connectivity index (χ1v) is 10.5. The number of anilines is 1. The van der Waals surface area contributed by atoms with Gasteiger partial charge in [0, 0.05) is 24.1 Å². The highest BCUT2D eigenvalue weighted by Gasteiger charge is 2.36. The van der Waals surface area contributed by atoms with Crippen LogP contribution < -0.4 is 4.90 Å². The molecule has 0 saturated carbocycles. The summed E-state index contributed by atoms with van der Waals surface area (Å²) in [6.07, 6.45) is 2.79. The zero-order valence-electron chi connectivity index (χ0n) is 18.6. The molecule has 186 valence electrons. The summed E-state index contributed by atoms with van der Waals surface area (Å²) in [5.41, 5.74) is -1.97. The molecule has 0 bridgehead atoms. The van der Waals surface area contributed by atoms with Crippen molar-refractivity contribution in [3.63, 3.8) is 0 Å². The van der Waals surface area contributed by atoms with E-state index in [4.69, 9.17) is 0 Å². The van der Waals surface area contributed by atoms with Crippen molar-refractivity contribution in [3.8, 4) is 0 Å². The Balaban J connectivity index is 1.83. The predicted octanol–water partition coefficient (Wildman–Crippen LogP) is 4.60. The summed E-state index contributed by atoms with van der Waals surface area (Å²) in [5.74, 6) is -0.607. The fourth-order valence-corrected chi connectivity index (χ4v) is 4.09. The standard InChI is InChI=1S/C23H15N5O9/c29-23(15-6-8-16(9-7-15)25(30)31)24-17(10-5-14-3-1-2-4-20(14)24)11-19-21(27(34)35)12-18(26(32)33)13-22(19)28(36)37/h1-10,12-13,17H,11H2. The quantitative estimate of drug-likeness (QED) is 0.326. The molecule has 1 unspecified atom stereocenters.